The molecule has 0 aliphatic carbocycles. The molecule has 2 aliphatic rings. The van der Waals surface area contributed by atoms with Crippen molar-refractivity contribution in [2.75, 3.05) is 4.90 Å². The number of nitrogens with zero attached hydrogens (tertiary/aromatic N) is 5. The lowest BCUT2D eigenvalue weighted by molar-refractivity contribution is 1.01. The van der Waals surface area contributed by atoms with Gasteiger partial charge in [-0.05, 0) is 45.5 Å². The maximum atomic E-state index is 5.34. The van der Waals surface area contributed by atoms with Crippen molar-refractivity contribution in [3.05, 3.63) is 188 Å². The van der Waals surface area contributed by atoms with E-state index < -0.39 is 0 Å². The summed E-state index contributed by atoms with van der Waals surface area (Å²) in [6.07, 6.45) is 0. The average molecular weight is 714 g/mol. The van der Waals surface area contributed by atoms with Gasteiger partial charge in [0.05, 0.1) is 28.1 Å². The first kappa shape index (κ1) is 30.8. The van der Waals surface area contributed by atoms with Gasteiger partial charge >= 0.3 is 0 Å². The first-order valence-corrected chi connectivity index (χ1v) is 19.0. The molecule has 10 aromatic rings. The molecule has 0 N–H and O–H groups in total. The normalized spacial score (nSPS) is 12.2. The highest BCUT2D eigenvalue weighted by Crippen LogP contribution is 2.55. The number of hydrogen-bond donors (Lipinski definition) is 0. The van der Waals surface area contributed by atoms with Gasteiger partial charge in [-0.1, -0.05) is 176 Å². The Balaban J connectivity index is 1.11. The van der Waals surface area contributed by atoms with Crippen LogP contribution in [0.5, 0.6) is 0 Å². The smallest absolute Gasteiger partial charge is 0.238 e. The second-order valence-electron chi connectivity index (χ2n) is 14.4. The number of para-hydroxylation sites is 3. The van der Waals surface area contributed by atoms with Crippen molar-refractivity contribution < 1.29 is 0 Å². The molecule has 0 radical (unpaired) electrons. The van der Waals surface area contributed by atoms with Crippen LogP contribution in [0.25, 0.3) is 94.8 Å². The minimum Gasteiger partial charge on any atom is -0.304 e. The Hall–Kier alpha value is -7.63. The SMILES string of the molecule is c1ccc(-c2ccc(-c3nc(-c4ccc(-c5ccccc5)cc4)nc(N4c5cccc6c5-n5c7c(cccc7c7cccc4c75)-c4ccccc4-6)n3)cc2)cc1. The summed E-state index contributed by atoms with van der Waals surface area (Å²) in [4.78, 5) is 18.1. The third-order valence-electron chi connectivity index (χ3n) is 11.3. The van der Waals surface area contributed by atoms with E-state index in [9.17, 15) is 0 Å². The van der Waals surface area contributed by atoms with Crippen LogP contribution in [0.4, 0.5) is 17.3 Å². The predicted octanol–water partition coefficient (Wildman–Crippen LogP) is 13.1. The molecular formula is C51H31N5. The predicted molar refractivity (Wildman–Crippen MR) is 229 cm³/mol. The third-order valence-corrected chi connectivity index (χ3v) is 11.3. The summed E-state index contributed by atoms with van der Waals surface area (Å²) in [6.45, 7) is 0. The molecule has 5 nitrogen and oxygen atoms in total. The van der Waals surface area contributed by atoms with Crippen molar-refractivity contribution in [1.29, 1.82) is 0 Å². The fraction of sp³-hybridized carbons (Fsp3) is 0. The maximum absolute atomic E-state index is 5.34. The summed E-state index contributed by atoms with van der Waals surface area (Å²) >= 11 is 0. The van der Waals surface area contributed by atoms with E-state index >= 15 is 0 Å². The van der Waals surface area contributed by atoms with E-state index in [1.165, 1.54) is 49.7 Å². The van der Waals surface area contributed by atoms with Crippen LogP contribution >= 0.6 is 0 Å². The van der Waals surface area contributed by atoms with Gasteiger partial charge in [0.25, 0.3) is 0 Å². The molecule has 2 aliphatic heterocycles. The molecule has 12 rings (SSSR count). The molecule has 0 unspecified atom stereocenters. The lowest BCUT2D eigenvalue weighted by atomic mass is 9.92. The van der Waals surface area contributed by atoms with Crippen molar-refractivity contribution in [3.63, 3.8) is 0 Å². The van der Waals surface area contributed by atoms with E-state index in [0.29, 0.717) is 17.6 Å². The van der Waals surface area contributed by atoms with Crippen LogP contribution in [0.3, 0.4) is 0 Å². The van der Waals surface area contributed by atoms with Gasteiger partial charge in [0.1, 0.15) is 0 Å². The third kappa shape index (κ3) is 4.52. The molecule has 0 saturated heterocycles. The van der Waals surface area contributed by atoms with Gasteiger partial charge in [0, 0.05) is 33.0 Å². The standard InChI is InChI=1S/C51H31N5/c1-3-12-32(13-4-1)34-24-28-36(29-25-34)49-52-50(37-30-26-35(27-31-37)33-14-5-2-6-15-33)54-51(53-49)55-44-22-10-20-41-39-17-8-7-16-38(39)40-18-9-19-42-43-21-11-23-45(55)48(43)56(46(40)42)47(41)44/h1-31H. The zero-order valence-electron chi connectivity index (χ0n) is 30.1. The molecule has 56 heavy (non-hydrogen) atoms. The highest BCUT2D eigenvalue weighted by Gasteiger charge is 2.35. The molecule has 2 aromatic heterocycles. The molecule has 260 valence electrons. The topological polar surface area (TPSA) is 46.8 Å². The van der Waals surface area contributed by atoms with Crippen LogP contribution in [0.1, 0.15) is 0 Å². The van der Waals surface area contributed by atoms with Gasteiger partial charge in [-0.2, -0.15) is 9.97 Å². The monoisotopic (exact) mass is 713 g/mol. The number of hydrogen-bond acceptors (Lipinski definition) is 4. The van der Waals surface area contributed by atoms with E-state index in [1.54, 1.807) is 0 Å². The Morgan fingerprint density at radius 2 is 0.750 bits per heavy atom. The molecule has 0 saturated carbocycles. The van der Waals surface area contributed by atoms with E-state index in [-0.39, 0.29) is 0 Å². The van der Waals surface area contributed by atoms with Crippen LogP contribution in [0.2, 0.25) is 0 Å². The Morgan fingerprint density at radius 3 is 1.38 bits per heavy atom. The van der Waals surface area contributed by atoms with Crippen molar-refractivity contribution in [3.8, 4) is 73.0 Å². The first-order chi connectivity index (χ1) is 27.8. The van der Waals surface area contributed by atoms with Gasteiger partial charge < -0.3 is 4.57 Å². The minimum absolute atomic E-state index is 0.569. The zero-order chi connectivity index (χ0) is 36.7. The molecule has 0 atom stereocenters. The Morgan fingerprint density at radius 1 is 0.304 bits per heavy atom. The van der Waals surface area contributed by atoms with Gasteiger partial charge in [0.15, 0.2) is 11.6 Å². The highest BCUT2D eigenvalue weighted by atomic mass is 15.3. The van der Waals surface area contributed by atoms with Crippen molar-refractivity contribution in [1.82, 2.24) is 19.5 Å². The Kier molecular flexibility index (Phi) is 6.56. The van der Waals surface area contributed by atoms with Crippen molar-refractivity contribution >= 4 is 39.1 Å². The second-order valence-corrected chi connectivity index (χ2v) is 14.4. The minimum atomic E-state index is 0.569. The fourth-order valence-electron chi connectivity index (χ4n) is 8.79. The maximum Gasteiger partial charge on any atom is 0.238 e. The van der Waals surface area contributed by atoms with Gasteiger partial charge in [0.2, 0.25) is 5.95 Å². The van der Waals surface area contributed by atoms with E-state index in [0.717, 1.165) is 44.8 Å². The Labute approximate surface area is 323 Å². The summed E-state index contributed by atoms with van der Waals surface area (Å²) < 4.78 is 2.49. The van der Waals surface area contributed by atoms with Crippen LogP contribution in [0, 0.1) is 0 Å². The van der Waals surface area contributed by atoms with Crippen molar-refractivity contribution in [2.24, 2.45) is 0 Å². The number of benzene rings is 8. The zero-order valence-corrected chi connectivity index (χ0v) is 30.1. The molecule has 0 amide bonds. The first-order valence-electron chi connectivity index (χ1n) is 19.0. The summed E-state index contributed by atoms with van der Waals surface area (Å²) in [5.74, 6) is 1.80. The van der Waals surface area contributed by atoms with Crippen LogP contribution in [-0.4, -0.2) is 19.5 Å². The number of anilines is 3. The molecule has 4 heterocycles. The van der Waals surface area contributed by atoms with Gasteiger partial charge in [-0.25, -0.2) is 4.98 Å². The van der Waals surface area contributed by atoms with E-state index in [4.69, 9.17) is 15.0 Å². The van der Waals surface area contributed by atoms with Crippen LogP contribution < -0.4 is 4.90 Å². The van der Waals surface area contributed by atoms with Gasteiger partial charge in [-0.3, -0.25) is 4.90 Å². The summed E-state index contributed by atoms with van der Waals surface area (Å²) in [5, 5.41) is 2.43. The second kappa shape index (κ2) is 11.9. The average Bonchev–Trinajstić information content (AvgIpc) is 3.56. The molecule has 8 aromatic carbocycles. The summed E-state index contributed by atoms with van der Waals surface area (Å²) in [6, 6.07) is 66.6. The number of fused-ring (bicyclic) bond motifs is 4. The largest absolute Gasteiger partial charge is 0.304 e. The number of rotatable bonds is 5. The summed E-state index contributed by atoms with van der Waals surface area (Å²) in [7, 11) is 0. The molecule has 0 spiro atoms. The lowest BCUT2D eigenvalue weighted by Gasteiger charge is -2.32. The van der Waals surface area contributed by atoms with Crippen LogP contribution in [-0.2, 0) is 0 Å². The summed E-state index contributed by atoms with van der Waals surface area (Å²) in [5.41, 5.74) is 16.9. The van der Waals surface area contributed by atoms with E-state index in [2.05, 4.69) is 185 Å². The molecule has 0 fully saturated rings. The molecule has 5 heteroatoms. The van der Waals surface area contributed by atoms with Crippen molar-refractivity contribution in [2.45, 2.75) is 0 Å². The fourth-order valence-corrected chi connectivity index (χ4v) is 8.79. The molecular weight excluding hydrogens is 683 g/mol. The van der Waals surface area contributed by atoms with Crippen LogP contribution in [0.15, 0.2) is 188 Å². The van der Waals surface area contributed by atoms with E-state index in [1.807, 2.05) is 12.1 Å². The molecule has 0 bridgehead atoms. The van der Waals surface area contributed by atoms with Gasteiger partial charge in [-0.15, -0.1) is 0 Å². The highest BCUT2D eigenvalue weighted by molar-refractivity contribution is 6.21. The number of aromatic nitrogens is 4. The Bertz CT molecular complexity index is 3070. The lowest BCUT2D eigenvalue weighted by Crippen LogP contribution is -2.21. The quantitative estimate of drug-likeness (QED) is 0.178.